The average Bonchev–Trinajstić information content (AvgIpc) is 2.35. The summed E-state index contributed by atoms with van der Waals surface area (Å²) in [4.78, 5) is 2.19. The van der Waals surface area contributed by atoms with E-state index in [0.29, 0.717) is 13.2 Å². The highest BCUT2D eigenvalue weighted by Gasteiger charge is 2.23. The van der Waals surface area contributed by atoms with Crippen LogP contribution >= 0.6 is 0 Å². The van der Waals surface area contributed by atoms with Gasteiger partial charge in [-0.05, 0) is 25.8 Å². The number of hydrogen-bond donors (Lipinski definition) is 2. The number of aliphatic hydroxyl groups is 2. The van der Waals surface area contributed by atoms with Crippen molar-refractivity contribution in [3.63, 3.8) is 0 Å². The third kappa shape index (κ3) is 5.82. The molecule has 2 N–H and O–H groups in total. The molecule has 102 valence electrons. The number of ether oxygens (including phenoxy) is 1. The lowest BCUT2D eigenvalue weighted by atomic mass is 10.0. The van der Waals surface area contributed by atoms with Crippen molar-refractivity contribution in [1.29, 1.82) is 0 Å². The minimum atomic E-state index is -0.431. The zero-order valence-corrected chi connectivity index (χ0v) is 11.0. The van der Waals surface area contributed by atoms with Gasteiger partial charge in [-0.3, -0.25) is 4.90 Å². The number of piperidine rings is 1. The zero-order chi connectivity index (χ0) is 12.5. The van der Waals surface area contributed by atoms with Gasteiger partial charge in [0.25, 0.3) is 0 Å². The zero-order valence-electron chi connectivity index (χ0n) is 11.0. The molecule has 0 saturated carbocycles. The molecule has 0 aromatic carbocycles. The Morgan fingerprint density at radius 3 is 2.94 bits per heavy atom. The molecule has 1 aliphatic heterocycles. The molecule has 2 atom stereocenters. The van der Waals surface area contributed by atoms with Crippen LogP contribution in [0.3, 0.4) is 0 Å². The van der Waals surface area contributed by atoms with Gasteiger partial charge in [0.15, 0.2) is 0 Å². The van der Waals surface area contributed by atoms with Crippen LogP contribution in [0.15, 0.2) is 0 Å². The molecule has 4 nitrogen and oxygen atoms in total. The maximum Gasteiger partial charge on any atom is 0.0900 e. The molecule has 17 heavy (non-hydrogen) atoms. The van der Waals surface area contributed by atoms with E-state index in [4.69, 9.17) is 4.74 Å². The first kappa shape index (κ1) is 14.9. The van der Waals surface area contributed by atoms with Crippen LogP contribution in [0.4, 0.5) is 0 Å². The van der Waals surface area contributed by atoms with Gasteiger partial charge in [0, 0.05) is 19.2 Å². The Bertz CT molecular complexity index is 190. The second-order valence-corrected chi connectivity index (χ2v) is 4.91. The summed E-state index contributed by atoms with van der Waals surface area (Å²) in [6.45, 7) is 5.07. The van der Waals surface area contributed by atoms with Crippen molar-refractivity contribution in [3.05, 3.63) is 0 Å². The lowest BCUT2D eigenvalue weighted by Gasteiger charge is -2.35. The minimum absolute atomic E-state index is 0.198. The summed E-state index contributed by atoms with van der Waals surface area (Å²) in [6, 6.07) is 0.231. The summed E-state index contributed by atoms with van der Waals surface area (Å²) in [5, 5.41) is 19.1. The van der Waals surface area contributed by atoms with Crippen molar-refractivity contribution in [2.24, 2.45) is 0 Å². The number of nitrogens with zero attached hydrogens (tertiary/aromatic N) is 1. The molecule has 0 aromatic heterocycles. The lowest BCUT2D eigenvalue weighted by molar-refractivity contribution is -0.00646. The van der Waals surface area contributed by atoms with Crippen LogP contribution in [0.2, 0.25) is 0 Å². The predicted molar refractivity (Wildman–Crippen MR) is 68.0 cm³/mol. The Morgan fingerprint density at radius 1 is 1.41 bits per heavy atom. The van der Waals surface area contributed by atoms with E-state index >= 15 is 0 Å². The van der Waals surface area contributed by atoms with Crippen molar-refractivity contribution in [2.75, 3.05) is 32.9 Å². The number of β-amino-alcohol motifs (C(OH)–C–C–N with tert-alkyl or cyclic N) is 1. The van der Waals surface area contributed by atoms with Crippen LogP contribution in [0.5, 0.6) is 0 Å². The second-order valence-electron chi connectivity index (χ2n) is 4.91. The summed E-state index contributed by atoms with van der Waals surface area (Å²) < 4.78 is 5.41. The number of hydrogen-bond acceptors (Lipinski definition) is 4. The number of likely N-dealkylation sites (tertiary alicyclic amines) is 1. The highest BCUT2D eigenvalue weighted by molar-refractivity contribution is 4.78. The molecule has 0 radical (unpaired) electrons. The molecule has 0 aromatic rings. The van der Waals surface area contributed by atoms with Crippen molar-refractivity contribution in [3.8, 4) is 0 Å². The highest BCUT2D eigenvalue weighted by atomic mass is 16.5. The Balaban J connectivity index is 2.16. The Labute approximate surface area is 105 Å². The van der Waals surface area contributed by atoms with Gasteiger partial charge in [-0.25, -0.2) is 0 Å². The van der Waals surface area contributed by atoms with E-state index in [1.165, 1.54) is 12.8 Å². The molecular weight excluding hydrogens is 218 g/mol. The summed E-state index contributed by atoms with van der Waals surface area (Å²) >= 11 is 0. The molecule has 0 spiro atoms. The van der Waals surface area contributed by atoms with Gasteiger partial charge in [0.1, 0.15) is 0 Å². The van der Waals surface area contributed by atoms with Gasteiger partial charge in [-0.2, -0.15) is 0 Å². The van der Waals surface area contributed by atoms with E-state index in [1.807, 2.05) is 0 Å². The van der Waals surface area contributed by atoms with Gasteiger partial charge < -0.3 is 14.9 Å². The minimum Gasteiger partial charge on any atom is -0.395 e. The molecular formula is C13H27NO3. The van der Waals surface area contributed by atoms with E-state index in [0.717, 1.165) is 32.4 Å². The largest absolute Gasteiger partial charge is 0.395 e. The fraction of sp³-hybridized carbons (Fsp3) is 1.00. The molecule has 1 rings (SSSR count). The van der Waals surface area contributed by atoms with Gasteiger partial charge in [-0.1, -0.05) is 19.8 Å². The number of unbranched alkanes of at least 4 members (excludes halogenated alkanes) is 1. The molecule has 1 fully saturated rings. The Morgan fingerprint density at radius 2 is 2.24 bits per heavy atom. The molecule has 0 amide bonds. The van der Waals surface area contributed by atoms with E-state index in [-0.39, 0.29) is 12.6 Å². The van der Waals surface area contributed by atoms with Crippen LogP contribution < -0.4 is 0 Å². The fourth-order valence-electron chi connectivity index (χ4n) is 2.30. The maximum atomic E-state index is 9.87. The summed E-state index contributed by atoms with van der Waals surface area (Å²) in [5.41, 5.74) is 0. The first-order chi connectivity index (χ1) is 8.27. The molecule has 4 heteroatoms. The van der Waals surface area contributed by atoms with Gasteiger partial charge >= 0.3 is 0 Å². The first-order valence-corrected chi connectivity index (χ1v) is 6.88. The topological polar surface area (TPSA) is 52.9 Å². The summed E-state index contributed by atoms with van der Waals surface area (Å²) in [7, 11) is 0. The predicted octanol–water partition coefficient (Wildman–Crippen LogP) is 1.01. The average molecular weight is 245 g/mol. The van der Waals surface area contributed by atoms with Crippen LogP contribution in [-0.2, 0) is 4.74 Å². The molecule has 1 saturated heterocycles. The molecule has 0 bridgehead atoms. The van der Waals surface area contributed by atoms with Crippen molar-refractivity contribution in [1.82, 2.24) is 4.90 Å². The third-order valence-corrected chi connectivity index (χ3v) is 3.36. The normalized spacial score (nSPS) is 23.8. The molecule has 2 unspecified atom stereocenters. The van der Waals surface area contributed by atoms with Crippen LogP contribution in [0, 0.1) is 0 Å². The number of aliphatic hydroxyl groups excluding tert-OH is 2. The van der Waals surface area contributed by atoms with Crippen molar-refractivity contribution < 1.29 is 14.9 Å². The maximum absolute atomic E-state index is 9.87. The van der Waals surface area contributed by atoms with Gasteiger partial charge in [0.05, 0.1) is 19.3 Å². The van der Waals surface area contributed by atoms with Gasteiger partial charge in [0.2, 0.25) is 0 Å². The van der Waals surface area contributed by atoms with Crippen LogP contribution in [0.1, 0.15) is 39.0 Å². The first-order valence-electron chi connectivity index (χ1n) is 6.88. The Kier molecular flexibility index (Phi) is 7.77. The summed E-state index contributed by atoms with van der Waals surface area (Å²) in [6.07, 6.45) is 5.13. The van der Waals surface area contributed by atoms with E-state index in [2.05, 4.69) is 11.8 Å². The Hall–Kier alpha value is -0.160. The van der Waals surface area contributed by atoms with Crippen LogP contribution in [-0.4, -0.2) is 60.2 Å². The van der Waals surface area contributed by atoms with E-state index < -0.39 is 6.10 Å². The SMILES string of the molecule is CCCCOCC(O)CN1CCCCC1CO. The molecule has 1 aliphatic rings. The monoisotopic (exact) mass is 245 g/mol. The van der Waals surface area contributed by atoms with Crippen molar-refractivity contribution in [2.45, 2.75) is 51.2 Å². The third-order valence-electron chi connectivity index (χ3n) is 3.36. The van der Waals surface area contributed by atoms with Crippen molar-refractivity contribution >= 4 is 0 Å². The highest BCUT2D eigenvalue weighted by Crippen LogP contribution is 2.16. The van der Waals surface area contributed by atoms with Crippen LogP contribution in [0.25, 0.3) is 0 Å². The number of rotatable bonds is 8. The van der Waals surface area contributed by atoms with E-state index in [1.54, 1.807) is 0 Å². The lowest BCUT2D eigenvalue weighted by Crippen LogP contribution is -2.46. The molecule has 1 heterocycles. The molecule has 0 aliphatic carbocycles. The summed E-state index contributed by atoms with van der Waals surface area (Å²) in [5.74, 6) is 0. The van der Waals surface area contributed by atoms with Gasteiger partial charge in [-0.15, -0.1) is 0 Å². The fourth-order valence-corrected chi connectivity index (χ4v) is 2.30. The smallest absolute Gasteiger partial charge is 0.0900 e. The second kappa shape index (κ2) is 8.86. The van der Waals surface area contributed by atoms with E-state index in [9.17, 15) is 10.2 Å². The standard InChI is InChI=1S/C13H27NO3/c1-2-3-8-17-11-13(16)9-14-7-5-4-6-12(14)10-15/h12-13,15-16H,2-11H2,1H3. The quantitative estimate of drug-likeness (QED) is 0.627.